The van der Waals surface area contributed by atoms with Gasteiger partial charge in [-0.05, 0) is 55.0 Å². The number of benzene rings is 3. The van der Waals surface area contributed by atoms with Crippen molar-refractivity contribution in [1.82, 2.24) is 4.98 Å². The summed E-state index contributed by atoms with van der Waals surface area (Å²) in [5.41, 5.74) is 5.00. The SMILES string of the molecule is Cc1ccc2nc(-c3ccc(NCc4ccccc4F)cc3)sc2c1. The number of nitrogens with zero attached hydrogens (tertiary/aromatic N) is 1. The van der Waals surface area contributed by atoms with Gasteiger partial charge in [-0.2, -0.15) is 0 Å². The van der Waals surface area contributed by atoms with E-state index in [0.717, 1.165) is 21.8 Å². The Morgan fingerprint density at radius 1 is 1.00 bits per heavy atom. The Morgan fingerprint density at radius 3 is 2.60 bits per heavy atom. The fraction of sp³-hybridized carbons (Fsp3) is 0.0952. The number of fused-ring (bicyclic) bond motifs is 1. The molecule has 0 atom stereocenters. The Morgan fingerprint density at radius 2 is 1.80 bits per heavy atom. The molecule has 0 saturated heterocycles. The zero-order chi connectivity index (χ0) is 17.2. The highest BCUT2D eigenvalue weighted by Crippen LogP contribution is 2.31. The summed E-state index contributed by atoms with van der Waals surface area (Å²) in [5, 5.41) is 4.27. The molecule has 0 spiro atoms. The van der Waals surface area contributed by atoms with E-state index in [9.17, 15) is 4.39 Å². The second-order valence-electron chi connectivity index (χ2n) is 6.01. The van der Waals surface area contributed by atoms with Gasteiger partial charge in [-0.3, -0.25) is 0 Å². The molecule has 0 bridgehead atoms. The topological polar surface area (TPSA) is 24.9 Å². The number of aryl methyl sites for hydroxylation is 1. The van der Waals surface area contributed by atoms with Crippen molar-refractivity contribution in [2.24, 2.45) is 0 Å². The van der Waals surface area contributed by atoms with Gasteiger partial charge in [0.25, 0.3) is 0 Å². The molecule has 0 fully saturated rings. The Bertz CT molecular complexity index is 1020. The molecule has 0 aliphatic heterocycles. The van der Waals surface area contributed by atoms with Gasteiger partial charge < -0.3 is 5.32 Å². The van der Waals surface area contributed by atoms with E-state index < -0.39 is 0 Å². The summed E-state index contributed by atoms with van der Waals surface area (Å²) in [6.07, 6.45) is 0. The van der Waals surface area contributed by atoms with E-state index in [1.165, 1.54) is 16.3 Å². The average molecular weight is 348 g/mol. The summed E-state index contributed by atoms with van der Waals surface area (Å²) in [4.78, 5) is 4.71. The fourth-order valence-corrected chi connectivity index (χ4v) is 3.79. The monoisotopic (exact) mass is 348 g/mol. The third-order valence-corrected chi connectivity index (χ3v) is 5.18. The molecule has 2 nitrogen and oxygen atoms in total. The van der Waals surface area contributed by atoms with Crippen molar-refractivity contribution in [1.29, 1.82) is 0 Å². The van der Waals surface area contributed by atoms with E-state index in [1.807, 2.05) is 30.3 Å². The minimum absolute atomic E-state index is 0.184. The highest BCUT2D eigenvalue weighted by molar-refractivity contribution is 7.21. The summed E-state index contributed by atoms with van der Waals surface area (Å²) in [6, 6.07) is 21.3. The second kappa shape index (κ2) is 6.65. The van der Waals surface area contributed by atoms with Gasteiger partial charge >= 0.3 is 0 Å². The molecule has 1 aromatic heterocycles. The Balaban J connectivity index is 1.52. The maximum Gasteiger partial charge on any atom is 0.128 e. The van der Waals surface area contributed by atoms with Crippen molar-refractivity contribution in [2.45, 2.75) is 13.5 Å². The van der Waals surface area contributed by atoms with Crippen LogP contribution in [0.3, 0.4) is 0 Å². The van der Waals surface area contributed by atoms with Gasteiger partial charge in [0.15, 0.2) is 0 Å². The molecule has 4 aromatic rings. The van der Waals surface area contributed by atoms with Gasteiger partial charge in [-0.1, -0.05) is 24.3 Å². The van der Waals surface area contributed by atoms with Gasteiger partial charge in [-0.25, -0.2) is 9.37 Å². The van der Waals surface area contributed by atoms with Crippen LogP contribution >= 0.6 is 11.3 Å². The molecule has 3 aromatic carbocycles. The minimum Gasteiger partial charge on any atom is -0.381 e. The first kappa shape index (κ1) is 15.8. The normalized spacial score (nSPS) is 11.0. The number of anilines is 1. The summed E-state index contributed by atoms with van der Waals surface area (Å²) in [7, 11) is 0. The Hall–Kier alpha value is -2.72. The molecule has 0 amide bonds. The first-order chi connectivity index (χ1) is 12.2. The molecule has 1 N–H and O–H groups in total. The lowest BCUT2D eigenvalue weighted by Gasteiger charge is -2.07. The summed E-state index contributed by atoms with van der Waals surface area (Å²) < 4.78 is 14.9. The molecule has 4 rings (SSSR count). The van der Waals surface area contributed by atoms with Crippen LogP contribution in [-0.4, -0.2) is 4.98 Å². The number of halogens is 1. The van der Waals surface area contributed by atoms with Crippen molar-refractivity contribution in [2.75, 3.05) is 5.32 Å². The molecule has 124 valence electrons. The van der Waals surface area contributed by atoms with Crippen LogP contribution in [0.5, 0.6) is 0 Å². The molecule has 0 radical (unpaired) electrons. The van der Waals surface area contributed by atoms with Crippen LogP contribution in [-0.2, 0) is 6.54 Å². The van der Waals surface area contributed by atoms with Crippen LogP contribution in [0.15, 0.2) is 66.7 Å². The largest absolute Gasteiger partial charge is 0.381 e. The quantitative estimate of drug-likeness (QED) is 0.487. The molecule has 25 heavy (non-hydrogen) atoms. The van der Waals surface area contributed by atoms with E-state index in [2.05, 4.69) is 30.4 Å². The zero-order valence-electron chi connectivity index (χ0n) is 13.8. The van der Waals surface area contributed by atoms with Gasteiger partial charge in [0.2, 0.25) is 0 Å². The smallest absolute Gasteiger partial charge is 0.128 e. The fourth-order valence-electron chi connectivity index (χ4n) is 2.73. The van der Waals surface area contributed by atoms with Crippen LogP contribution in [0.4, 0.5) is 10.1 Å². The predicted octanol–water partition coefficient (Wildman–Crippen LogP) is 6.02. The van der Waals surface area contributed by atoms with Crippen molar-refractivity contribution in [3.05, 3.63) is 83.7 Å². The number of hydrogen-bond donors (Lipinski definition) is 1. The number of thiazole rings is 1. The van der Waals surface area contributed by atoms with E-state index in [0.29, 0.717) is 12.1 Å². The molecule has 0 aliphatic carbocycles. The third-order valence-electron chi connectivity index (χ3n) is 4.12. The maximum absolute atomic E-state index is 13.7. The van der Waals surface area contributed by atoms with Crippen molar-refractivity contribution in [3.63, 3.8) is 0 Å². The summed E-state index contributed by atoms with van der Waals surface area (Å²) >= 11 is 1.70. The maximum atomic E-state index is 13.7. The highest BCUT2D eigenvalue weighted by Gasteiger charge is 2.07. The van der Waals surface area contributed by atoms with E-state index >= 15 is 0 Å². The van der Waals surface area contributed by atoms with E-state index in [1.54, 1.807) is 23.5 Å². The molecule has 0 aliphatic rings. The Labute approximate surface area is 150 Å². The van der Waals surface area contributed by atoms with Crippen LogP contribution in [0.25, 0.3) is 20.8 Å². The molecule has 1 heterocycles. The van der Waals surface area contributed by atoms with Gasteiger partial charge in [0.1, 0.15) is 10.8 Å². The van der Waals surface area contributed by atoms with Gasteiger partial charge in [0, 0.05) is 23.4 Å². The number of rotatable bonds is 4. The number of hydrogen-bond acceptors (Lipinski definition) is 3. The number of aromatic nitrogens is 1. The van der Waals surface area contributed by atoms with Crippen LogP contribution < -0.4 is 5.32 Å². The van der Waals surface area contributed by atoms with Crippen LogP contribution in [0, 0.1) is 12.7 Å². The van der Waals surface area contributed by atoms with Crippen molar-refractivity contribution >= 4 is 27.2 Å². The van der Waals surface area contributed by atoms with E-state index in [4.69, 9.17) is 4.98 Å². The molecule has 4 heteroatoms. The zero-order valence-corrected chi connectivity index (χ0v) is 14.6. The Kier molecular flexibility index (Phi) is 4.20. The third kappa shape index (κ3) is 3.39. The lowest BCUT2D eigenvalue weighted by Crippen LogP contribution is -2.01. The molecule has 0 unspecified atom stereocenters. The first-order valence-corrected chi connectivity index (χ1v) is 8.95. The summed E-state index contributed by atoms with van der Waals surface area (Å²) in [6.45, 7) is 2.56. The lowest BCUT2D eigenvalue weighted by atomic mass is 10.2. The second-order valence-corrected chi connectivity index (χ2v) is 7.04. The predicted molar refractivity (Wildman–Crippen MR) is 104 cm³/mol. The average Bonchev–Trinajstić information content (AvgIpc) is 3.04. The molecular formula is C21H17FN2S. The first-order valence-electron chi connectivity index (χ1n) is 8.14. The highest BCUT2D eigenvalue weighted by atomic mass is 32.1. The van der Waals surface area contributed by atoms with Crippen molar-refractivity contribution in [3.8, 4) is 10.6 Å². The van der Waals surface area contributed by atoms with Crippen LogP contribution in [0.2, 0.25) is 0 Å². The van der Waals surface area contributed by atoms with Crippen molar-refractivity contribution < 1.29 is 4.39 Å². The van der Waals surface area contributed by atoms with Crippen LogP contribution in [0.1, 0.15) is 11.1 Å². The standard InChI is InChI=1S/C21H17FN2S/c1-14-6-11-19-20(12-14)25-21(24-19)15-7-9-17(10-8-15)23-13-16-4-2-3-5-18(16)22/h2-12,23H,13H2,1H3. The molecule has 0 saturated carbocycles. The lowest BCUT2D eigenvalue weighted by molar-refractivity contribution is 0.613. The van der Waals surface area contributed by atoms with E-state index in [-0.39, 0.29) is 5.82 Å². The minimum atomic E-state index is -0.184. The molecular weight excluding hydrogens is 331 g/mol. The summed E-state index contributed by atoms with van der Waals surface area (Å²) in [5.74, 6) is -0.184. The number of nitrogens with one attached hydrogen (secondary N) is 1. The van der Waals surface area contributed by atoms with Gasteiger partial charge in [-0.15, -0.1) is 11.3 Å². The van der Waals surface area contributed by atoms with Gasteiger partial charge in [0.05, 0.1) is 10.2 Å².